The van der Waals surface area contributed by atoms with Gasteiger partial charge < -0.3 is 15.2 Å². The highest BCUT2D eigenvalue weighted by atomic mass is 35.5. The van der Waals surface area contributed by atoms with Gasteiger partial charge in [-0.05, 0) is 38.9 Å². The predicted molar refractivity (Wildman–Crippen MR) is 70.8 cm³/mol. The Kier molecular flexibility index (Phi) is 5.02. The number of carbonyl (C=O) groups excluding carboxylic acids is 1. The first-order chi connectivity index (χ1) is 7.70. The summed E-state index contributed by atoms with van der Waals surface area (Å²) in [5.41, 5.74) is 1.74. The van der Waals surface area contributed by atoms with Crippen LogP contribution in [0.3, 0.4) is 0 Å². The molecular formula is C12H20ClN3O. The predicted octanol–water partition coefficient (Wildman–Crippen LogP) is 1.57. The van der Waals surface area contributed by atoms with E-state index in [-0.39, 0.29) is 18.3 Å². The van der Waals surface area contributed by atoms with E-state index in [1.165, 1.54) is 0 Å². The highest BCUT2D eigenvalue weighted by molar-refractivity contribution is 5.95. The molecular weight excluding hydrogens is 238 g/mol. The summed E-state index contributed by atoms with van der Waals surface area (Å²) < 4.78 is 0. The van der Waals surface area contributed by atoms with Crippen molar-refractivity contribution in [1.29, 1.82) is 0 Å². The summed E-state index contributed by atoms with van der Waals surface area (Å²) in [5, 5.41) is 3.31. The fourth-order valence-electron chi connectivity index (χ4n) is 2.23. The van der Waals surface area contributed by atoms with Crippen LogP contribution in [0.5, 0.6) is 0 Å². The van der Waals surface area contributed by atoms with Gasteiger partial charge in [-0.1, -0.05) is 0 Å². The fraction of sp³-hybridized carbons (Fsp3) is 0.583. The van der Waals surface area contributed by atoms with Crippen LogP contribution >= 0.6 is 12.4 Å². The Hall–Kier alpha value is -1.00. The zero-order valence-electron chi connectivity index (χ0n) is 10.3. The van der Waals surface area contributed by atoms with Gasteiger partial charge in [-0.2, -0.15) is 0 Å². The molecule has 2 rings (SSSR count). The number of aryl methyl sites for hydroxylation is 1. The van der Waals surface area contributed by atoms with Gasteiger partial charge in [-0.3, -0.25) is 4.79 Å². The molecule has 17 heavy (non-hydrogen) atoms. The van der Waals surface area contributed by atoms with Gasteiger partial charge in [0.15, 0.2) is 0 Å². The molecule has 1 fully saturated rings. The monoisotopic (exact) mass is 257 g/mol. The van der Waals surface area contributed by atoms with Gasteiger partial charge in [0.05, 0.1) is 5.56 Å². The molecule has 2 heterocycles. The molecule has 1 amide bonds. The number of rotatable bonds is 2. The molecule has 1 aromatic heterocycles. The van der Waals surface area contributed by atoms with Crippen molar-refractivity contribution < 1.29 is 4.79 Å². The third-order valence-electron chi connectivity index (χ3n) is 3.36. The highest BCUT2D eigenvalue weighted by Gasteiger charge is 2.23. The lowest BCUT2D eigenvalue weighted by Crippen LogP contribution is -2.44. The molecule has 1 saturated heterocycles. The van der Waals surface area contributed by atoms with Crippen LogP contribution < -0.4 is 5.32 Å². The number of carbonyl (C=O) groups is 1. The minimum absolute atomic E-state index is 0. The second-order valence-corrected chi connectivity index (χ2v) is 4.41. The van der Waals surface area contributed by atoms with Crippen molar-refractivity contribution in [2.24, 2.45) is 0 Å². The van der Waals surface area contributed by atoms with E-state index in [1.54, 1.807) is 0 Å². The first-order valence-electron chi connectivity index (χ1n) is 5.82. The Balaban J connectivity index is 0.00000144. The van der Waals surface area contributed by atoms with E-state index >= 15 is 0 Å². The van der Waals surface area contributed by atoms with Crippen LogP contribution in [-0.2, 0) is 0 Å². The average Bonchev–Trinajstić information content (AvgIpc) is 2.75. The van der Waals surface area contributed by atoms with E-state index in [4.69, 9.17) is 0 Å². The lowest BCUT2D eigenvalue weighted by atomic mass is 10.0. The van der Waals surface area contributed by atoms with Crippen LogP contribution in [0.1, 0.15) is 28.9 Å². The molecule has 96 valence electrons. The summed E-state index contributed by atoms with van der Waals surface area (Å²) in [6.45, 7) is 3.95. The second kappa shape index (κ2) is 6.07. The summed E-state index contributed by atoms with van der Waals surface area (Å²) in [5.74, 6) is 0.130. The Bertz CT molecular complexity index is 372. The van der Waals surface area contributed by atoms with Crippen LogP contribution in [-0.4, -0.2) is 42.0 Å². The van der Waals surface area contributed by atoms with E-state index in [1.807, 2.05) is 31.1 Å². The first kappa shape index (κ1) is 14.1. The van der Waals surface area contributed by atoms with Gasteiger partial charge in [0, 0.05) is 25.0 Å². The zero-order chi connectivity index (χ0) is 11.5. The molecule has 1 aromatic rings. The largest absolute Gasteiger partial charge is 0.365 e. The van der Waals surface area contributed by atoms with Gasteiger partial charge in [0.2, 0.25) is 0 Å². The smallest absolute Gasteiger partial charge is 0.255 e. The molecule has 0 saturated carbocycles. The van der Waals surface area contributed by atoms with Gasteiger partial charge in [0.1, 0.15) is 0 Å². The Morgan fingerprint density at radius 2 is 2.06 bits per heavy atom. The average molecular weight is 258 g/mol. The van der Waals surface area contributed by atoms with Crippen molar-refractivity contribution in [2.75, 3.05) is 20.1 Å². The van der Waals surface area contributed by atoms with Crippen molar-refractivity contribution in [3.05, 3.63) is 23.5 Å². The molecule has 0 radical (unpaired) electrons. The van der Waals surface area contributed by atoms with Crippen LogP contribution in [0, 0.1) is 6.92 Å². The molecule has 1 aliphatic heterocycles. The summed E-state index contributed by atoms with van der Waals surface area (Å²) in [6, 6.07) is 2.23. The number of nitrogens with one attached hydrogen (secondary N) is 2. The van der Waals surface area contributed by atoms with Crippen LogP contribution in [0.2, 0.25) is 0 Å². The summed E-state index contributed by atoms with van der Waals surface area (Å²) in [4.78, 5) is 17.1. The van der Waals surface area contributed by atoms with E-state index in [0.29, 0.717) is 6.04 Å². The lowest BCUT2D eigenvalue weighted by Gasteiger charge is -2.31. The van der Waals surface area contributed by atoms with Crippen LogP contribution in [0.25, 0.3) is 0 Å². The third kappa shape index (κ3) is 3.01. The van der Waals surface area contributed by atoms with E-state index < -0.39 is 0 Å². The van der Waals surface area contributed by atoms with E-state index in [0.717, 1.165) is 37.2 Å². The van der Waals surface area contributed by atoms with Crippen molar-refractivity contribution in [3.8, 4) is 0 Å². The Morgan fingerprint density at radius 1 is 1.41 bits per heavy atom. The van der Waals surface area contributed by atoms with E-state index in [9.17, 15) is 4.79 Å². The number of amides is 1. The van der Waals surface area contributed by atoms with Crippen molar-refractivity contribution >= 4 is 18.3 Å². The molecule has 0 aliphatic carbocycles. The van der Waals surface area contributed by atoms with E-state index in [2.05, 4.69) is 10.3 Å². The number of nitrogens with zero attached hydrogens (tertiary/aromatic N) is 1. The van der Waals surface area contributed by atoms with Crippen molar-refractivity contribution in [2.45, 2.75) is 25.8 Å². The third-order valence-corrected chi connectivity index (χ3v) is 3.36. The van der Waals surface area contributed by atoms with Crippen molar-refractivity contribution in [1.82, 2.24) is 15.2 Å². The molecule has 4 nitrogen and oxygen atoms in total. The maximum absolute atomic E-state index is 12.2. The molecule has 0 unspecified atom stereocenters. The zero-order valence-corrected chi connectivity index (χ0v) is 11.1. The Labute approximate surface area is 108 Å². The maximum Gasteiger partial charge on any atom is 0.255 e. The minimum atomic E-state index is 0. The molecule has 5 heteroatoms. The van der Waals surface area contributed by atoms with Gasteiger partial charge in [0.25, 0.3) is 5.91 Å². The van der Waals surface area contributed by atoms with Gasteiger partial charge >= 0.3 is 0 Å². The first-order valence-corrected chi connectivity index (χ1v) is 5.82. The fourth-order valence-corrected chi connectivity index (χ4v) is 2.23. The Morgan fingerprint density at radius 3 is 2.59 bits per heavy atom. The van der Waals surface area contributed by atoms with Crippen LogP contribution in [0.15, 0.2) is 12.3 Å². The number of hydrogen-bond acceptors (Lipinski definition) is 2. The van der Waals surface area contributed by atoms with Crippen LogP contribution in [0.4, 0.5) is 0 Å². The molecule has 0 atom stereocenters. The van der Waals surface area contributed by atoms with Gasteiger partial charge in [-0.25, -0.2) is 0 Å². The highest BCUT2D eigenvalue weighted by Crippen LogP contribution is 2.15. The normalized spacial score (nSPS) is 16.4. The lowest BCUT2D eigenvalue weighted by molar-refractivity contribution is 0.0702. The minimum Gasteiger partial charge on any atom is -0.365 e. The summed E-state index contributed by atoms with van der Waals surface area (Å²) in [7, 11) is 1.91. The summed E-state index contributed by atoms with van der Waals surface area (Å²) >= 11 is 0. The van der Waals surface area contributed by atoms with Crippen molar-refractivity contribution in [3.63, 3.8) is 0 Å². The number of H-pyrrole nitrogens is 1. The summed E-state index contributed by atoms with van der Waals surface area (Å²) in [6.07, 6.45) is 3.91. The quantitative estimate of drug-likeness (QED) is 0.845. The molecule has 0 aromatic carbocycles. The number of aromatic nitrogens is 1. The molecule has 2 N–H and O–H groups in total. The molecule has 0 bridgehead atoms. The topological polar surface area (TPSA) is 48.1 Å². The standard InChI is InChI=1S/C12H19N3O.ClH/c1-9-11(5-8-14-9)12(16)15(2)10-3-6-13-7-4-10;/h5,8,10,13-14H,3-4,6-7H2,1-2H3;1H. The van der Waals surface area contributed by atoms with Gasteiger partial charge in [-0.15, -0.1) is 12.4 Å². The number of piperidine rings is 1. The SMILES string of the molecule is Cc1[nH]ccc1C(=O)N(C)C1CCNCC1.Cl. The number of halogens is 1. The number of aromatic amines is 1. The second-order valence-electron chi connectivity index (χ2n) is 4.41. The molecule has 1 aliphatic rings. The molecule has 0 spiro atoms. The maximum atomic E-state index is 12.2. The number of hydrogen-bond donors (Lipinski definition) is 2.